The predicted molar refractivity (Wildman–Crippen MR) is 123 cm³/mol. The Kier molecular flexibility index (Phi) is 7.36. The second kappa shape index (κ2) is 10.4. The largest absolute Gasteiger partial charge is 0.457 e. The molecule has 4 aromatic rings. The molecule has 0 saturated carbocycles. The standard InChI is InChI=1S/C25H15ClF7N3O2/c26-19-10-15(24(28,29)30)13-34-22(19)36-9-1-2-21(36)23(37)35-12-14-3-5-16(6-4-14)38-17-7-8-20(27)18(11-17)25(31,32)33/h1-11,13H,12H2,(H,35,37). The van der Waals surface area contributed by atoms with Crippen LogP contribution in [0.25, 0.3) is 5.82 Å². The van der Waals surface area contributed by atoms with E-state index in [1.54, 1.807) is 12.1 Å². The number of aromatic nitrogens is 2. The maximum absolute atomic E-state index is 13.4. The van der Waals surface area contributed by atoms with Crippen molar-refractivity contribution in [3.63, 3.8) is 0 Å². The number of amides is 1. The summed E-state index contributed by atoms with van der Waals surface area (Å²) in [6, 6.07) is 11.9. The van der Waals surface area contributed by atoms with Crippen LogP contribution in [-0.4, -0.2) is 15.5 Å². The fourth-order valence-electron chi connectivity index (χ4n) is 3.38. The number of ether oxygens (including phenoxy) is 1. The highest BCUT2D eigenvalue weighted by molar-refractivity contribution is 6.32. The molecule has 0 saturated heterocycles. The van der Waals surface area contributed by atoms with Crippen molar-refractivity contribution in [2.45, 2.75) is 18.9 Å². The van der Waals surface area contributed by atoms with Crippen LogP contribution in [0.15, 0.2) is 73.1 Å². The van der Waals surface area contributed by atoms with Gasteiger partial charge in [-0.1, -0.05) is 23.7 Å². The first-order valence-electron chi connectivity index (χ1n) is 10.6. The van der Waals surface area contributed by atoms with Crippen molar-refractivity contribution in [2.75, 3.05) is 0 Å². The van der Waals surface area contributed by atoms with Crippen molar-refractivity contribution in [3.8, 4) is 17.3 Å². The summed E-state index contributed by atoms with van der Waals surface area (Å²) in [5.41, 5.74) is -1.82. The van der Waals surface area contributed by atoms with Gasteiger partial charge in [0.2, 0.25) is 0 Å². The Bertz CT molecular complexity index is 1470. The third kappa shape index (κ3) is 6.08. The zero-order valence-electron chi connectivity index (χ0n) is 18.9. The van der Waals surface area contributed by atoms with Crippen LogP contribution in [0.4, 0.5) is 30.7 Å². The maximum atomic E-state index is 13.4. The number of carbonyl (C=O) groups is 1. The minimum absolute atomic E-state index is 0.0350. The molecule has 0 unspecified atom stereocenters. The summed E-state index contributed by atoms with van der Waals surface area (Å²) >= 11 is 5.99. The average molecular weight is 558 g/mol. The molecule has 1 amide bonds. The number of pyridine rings is 1. The van der Waals surface area contributed by atoms with E-state index >= 15 is 0 Å². The molecule has 38 heavy (non-hydrogen) atoms. The predicted octanol–water partition coefficient (Wildman–Crippen LogP) is 7.42. The smallest absolute Gasteiger partial charge is 0.419 e. The van der Waals surface area contributed by atoms with Gasteiger partial charge in [-0.05, 0) is 54.1 Å². The van der Waals surface area contributed by atoms with E-state index in [-0.39, 0.29) is 34.6 Å². The molecule has 5 nitrogen and oxygen atoms in total. The Morgan fingerprint density at radius 3 is 2.26 bits per heavy atom. The fourth-order valence-corrected chi connectivity index (χ4v) is 3.64. The first-order valence-corrected chi connectivity index (χ1v) is 11.0. The molecule has 2 heterocycles. The lowest BCUT2D eigenvalue weighted by molar-refractivity contribution is -0.140. The first kappa shape index (κ1) is 27.0. The van der Waals surface area contributed by atoms with Crippen molar-refractivity contribution in [1.82, 2.24) is 14.9 Å². The van der Waals surface area contributed by atoms with Crippen LogP contribution in [-0.2, 0) is 18.9 Å². The van der Waals surface area contributed by atoms with Gasteiger partial charge in [-0.2, -0.15) is 26.3 Å². The van der Waals surface area contributed by atoms with Gasteiger partial charge in [-0.15, -0.1) is 0 Å². The van der Waals surface area contributed by atoms with Crippen LogP contribution in [0.1, 0.15) is 27.2 Å². The molecule has 0 radical (unpaired) electrons. The number of hydrogen-bond acceptors (Lipinski definition) is 3. The summed E-state index contributed by atoms with van der Waals surface area (Å²) < 4.78 is 97.4. The van der Waals surface area contributed by atoms with Gasteiger partial charge in [-0.3, -0.25) is 9.36 Å². The molecule has 1 N–H and O–H groups in total. The molecule has 0 atom stereocenters. The molecule has 13 heteroatoms. The van der Waals surface area contributed by atoms with E-state index < -0.39 is 35.2 Å². The highest BCUT2D eigenvalue weighted by atomic mass is 35.5. The summed E-state index contributed by atoms with van der Waals surface area (Å²) in [4.78, 5) is 16.5. The van der Waals surface area contributed by atoms with E-state index in [1.807, 2.05) is 0 Å². The van der Waals surface area contributed by atoms with Crippen molar-refractivity contribution in [2.24, 2.45) is 0 Å². The molecule has 0 aliphatic heterocycles. The lowest BCUT2D eigenvalue weighted by Gasteiger charge is -2.13. The van der Waals surface area contributed by atoms with E-state index in [4.69, 9.17) is 16.3 Å². The van der Waals surface area contributed by atoms with Gasteiger partial charge in [0.05, 0.1) is 16.1 Å². The fraction of sp³-hybridized carbons (Fsp3) is 0.120. The van der Waals surface area contributed by atoms with Gasteiger partial charge in [0.15, 0.2) is 5.82 Å². The van der Waals surface area contributed by atoms with Gasteiger partial charge in [0.1, 0.15) is 23.0 Å². The number of benzene rings is 2. The summed E-state index contributed by atoms with van der Waals surface area (Å²) in [5.74, 6) is -2.09. The Hall–Kier alpha value is -4.06. The van der Waals surface area contributed by atoms with Crippen LogP contribution in [0.2, 0.25) is 5.02 Å². The summed E-state index contributed by atoms with van der Waals surface area (Å²) in [6.07, 6.45) is -7.47. The Morgan fingerprint density at radius 2 is 1.63 bits per heavy atom. The number of nitrogens with zero attached hydrogens (tertiary/aromatic N) is 2. The molecule has 0 aliphatic rings. The van der Waals surface area contributed by atoms with Crippen molar-refractivity contribution >= 4 is 17.5 Å². The van der Waals surface area contributed by atoms with Crippen molar-refractivity contribution in [1.29, 1.82) is 0 Å². The van der Waals surface area contributed by atoms with Gasteiger partial charge in [0.25, 0.3) is 5.91 Å². The number of alkyl halides is 6. The molecule has 0 fully saturated rings. The monoisotopic (exact) mass is 557 g/mol. The number of rotatable bonds is 6. The van der Waals surface area contributed by atoms with Gasteiger partial charge >= 0.3 is 12.4 Å². The minimum Gasteiger partial charge on any atom is -0.457 e. The zero-order valence-corrected chi connectivity index (χ0v) is 19.6. The highest BCUT2D eigenvalue weighted by Gasteiger charge is 2.34. The van der Waals surface area contributed by atoms with Gasteiger partial charge in [-0.25, -0.2) is 9.37 Å². The Morgan fingerprint density at radius 1 is 0.947 bits per heavy atom. The van der Waals surface area contributed by atoms with Crippen LogP contribution in [0.5, 0.6) is 11.5 Å². The third-order valence-electron chi connectivity index (χ3n) is 5.21. The third-order valence-corrected chi connectivity index (χ3v) is 5.49. The Balaban J connectivity index is 1.42. The highest BCUT2D eigenvalue weighted by Crippen LogP contribution is 2.35. The number of carbonyl (C=O) groups excluding carboxylic acids is 1. The summed E-state index contributed by atoms with van der Waals surface area (Å²) in [7, 11) is 0. The van der Waals surface area contributed by atoms with E-state index in [0.717, 1.165) is 6.07 Å². The van der Waals surface area contributed by atoms with E-state index in [9.17, 15) is 35.5 Å². The molecule has 4 rings (SSSR count). The van der Waals surface area contributed by atoms with E-state index in [1.165, 1.54) is 35.0 Å². The van der Waals surface area contributed by atoms with Gasteiger partial charge < -0.3 is 10.1 Å². The van der Waals surface area contributed by atoms with Gasteiger partial charge in [0, 0.05) is 18.9 Å². The van der Waals surface area contributed by atoms with E-state index in [2.05, 4.69) is 10.3 Å². The number of hydrogen-bond donors (Lipinski definition) is 1. The van der Waals surface area contributed by atoms with Crippen LogP contribution in [0, 0.1) is 5.82 Å². The van der Waals surface area contributed by atoms with Crippen LogP contribution >= 0.6 is 11.6 Å². The molecular weight excluding hydrogens is 543 g/mol. The molecule has 0 aliphatic carbocycles. The number of halogens is 8. The maximum Gasteiger partial charge on any atom is 0.419 e. The minimum atomic E-state index is -4.88. The second-order valence-electron chi connectivity index (χ2n) is 7.86. The second-order valence-corrected chi connectivity index (χ2v) is 8.27. The average Bonchev–Trinajstić information content (AvgIpc) is 3.33. The number of nitrogens with one attached hydrogen (secondary N) is 1. The van der Waals surface area contributed by atoms with Crippen LogP contribution in [0.3, 0.4) is 0 Å². The lowest BCUT2D eigenvalue weighted by Crippen LogP contribution is -2.25. The summed E-state index contributed by atoms with van der Waals surface area (Å²) in [6.45, 7) is 0.0350. The van der Waals surface area contributed by atoms with Crippen molar-refractivity contribution < 1.29 is 40.3 Å². The van der Waals surface area contributed by atoms with Crippen molar-refractivity contribution in [3.05, 3.63) is 106 Å². The van der Waals surface area contributed by atoms with E-state index in [0.29, 0.717) is 30.0 Å². The Labute approximate surface area is 215 Å². The topological polar surface area (TPSA) is 56.1 Å². The SMILES string of the molecule is O=C(NCc1ccc(Oc2ccc(F)c(C(F)(F)F)c2)cc1)c1cccn1-c1ncc(C(F)(F)F)cc1Cl. The molecule has 0 spiro atoms. The van der Waals surface area contributed by atoms with Crippen LogP contribution < -0.4 is 10.1 Å². The quantitative estimate of drug-likeness (QED) is 0.251. The lowest BCUT2D eigenvalue weighted by atomic mass is 10.2. The molecule has 198 valence electrons. The summed E-state index contributed by atoms with van der Waals surface area (Å²) in [5, 5.41) is 2.35. The zero-order chi connectivity index (χ0) is 27.7. The molecule has 2 aromatic carbocycles. The first-order chi connectivity index (χ1) is 17.8. The molecule has 2 aromatic heterocycles. The molecular formula is C25H15ClF7N3O2. The molecule has 0 bridgehead atoms. The normalized spacial score (nSPS) is 11.9.